The molecule has 3 heterocycles. The van der Waals surface area contributed by atoms with Gasteiger partial charge in [0.15, 0.2) is 17.1 Å². The van der Waals surface area contributed by atoms with Gasteiger partial charge in [-0.1, -0.05) is 28.4 Å². The summed E-state index contributed by atoms with van der Waals surface area (Å²) in [7, 11) is 1.64. The fourth-order valence-corrected chi connectivity index (χ4v) is 4.46. The zero-order valence-corrected chi connectivity index (χ0v) is 19.6. The van der Waals surface area contributed by atoms with Crippen LogP contribution in [0.4, 0.5) is 0 Å². The summed E-state index contributed by atoms with van der Waals surface area (Å²) in [5, 5.41) is 4.57. The first kappa shape index (κ1) is 22.0. The van der Waals surface area contributed by atoms with E-state index in [4.69, 9.17) is 42.0 Å². The molecule has 0 radical (unpaired) electrons. The van der Waals surface area contributed by atoms with E-state index in [1.807, 2.05) is 31.2 Å². The van der Waals surface area contributed by atoms with Crippen LogP contribution in [0.15, 0.2) is 40.9 Å². The van der Waals surface area contributed by atoms with Crippen LogP contribution in [0.3, 0.4) is 0 Å². The Morgan fingerprint density at radius 3 is 2.52 bits per heavy atom. The Hall–Kier alpha value is -2.81. The predicted molar refractivity (Wildman–Crippen MR) is 123 cm³/mol. The largest absolute Gasteiger partial charge is 0.493 e. The number of hydrogen-bond acceptors (Lipinski definition) is 8. The Kier molecular flexibility index (Phi) is 5.90. The van der Waals surface area contributed by atoms with E-state index in [0.717, 1.165) is 24.1 Å². The smallest absolute Gasteiger partial charge is 0.258 e. The van der Waals surface area contributed by atoms with Gasteiger partial charge in [-0.25, -0.2) is 4.98 Å². The SMILES string of the molecule is COc1ccc(C2=CC(C)(c3noc(-c4cc(Cl)nc(Cl)c4)n3)ON2)cc1OC1CCCC1. The molecule has 5 rings (SSSR count). The molecule has 172 valence electrons. The zero-order chi connectivity index (χ0) is 23.0. The van der Waals surface area contributed by atoms with Crippen LogP contribution in [0.1, 0.15) is 44.0 Å². The third-order valence-electron chi connectivity index (χ3n) is 5.74. The van der Waals surface area contributed by atoms with Crippen molar-refractivity contribution < 1.29 is 18.8 Å². The second-order valence-electron chi connectivity index (χ2n) is 8.18. The van der Waals surface area contributed by atoms with E-state index in [1.165, 1.54) is 12.8 Å². The number of ether oxygens (including phenoxy) is 2. The Bertz CT molecular complexity index is 1190. The summed E-state index contributed by atoms with van der Waals surface area (Å²) in [6.45, 7) is 1.84. The summed E-state index contributed by atoms with van der Waals surface area (Å²) in [5.41, 5.74) is 4.25. The van der Waals surface area contributed by atoms with Crippen molar-refractivity contribution in [1.29, 1.82) is 0 Å². The minimum Gasteiger partial charge on any atom is -0.493 e. The normalized spacial score (nSPS) is 20.5. The molecule has 8 nitrogen and oxygen atoms in total. The predicted octanol–water partition coefficient (Wildman–Crippen LogP) is 5.56. The molecular weight excluding hydrogens is 467 g/mol. The van der Waals surface area contributed by atoms with Crippen molar-refractivity contribution in [3.63, 3.8) is 0 Å². The minimum absolute atomic E-state index is 0.217. The first-order valence-corrected chi connectivity index (χ1v) is 11.4. The van der Waals surface area contributed by atoms with Crippen molar-refractivity contribution in [2.45, 2.75) is 44.3 Å². The van der Waals surface area contributed by atoms with Gasteiger partial charge in [-0.2, -0.15) is 4.98 Å². The number of aromatic nitrogens is 3. The molecule has 0 bridgehead atoms. The van der Waals surface area contributed by atoms with E-state index in [1.54, 1.807) is 19.2 Å². The highest BCUT2D eigenvalue weighted by atomic mass is 35.5. The number of halogens is 2. The number of hydroxylamine groups is 1. The second kappa shape index (κ2) is 8.85. The summed E-state index contributed by atoms with van der Waals surface area (Å²) < 4.78 is 17.1. The second-order valence-corrected chi connectivity index (χ2v) is 8.96. The van der Waals surface area contributed by atoms with Crippen molar-refractivity contribution in [2.75, 3.05) is 7.11 Å². The highest BCUT2D eigenvalue weighted by Crippen LogP contribution is 2.38. The molecule has 2 aliphatic rings. The van der Waals surface area contributed by atoms with Crippen molar-refractivity contribution >= 4 is 28.9 Å². The molecule has 33 heavy (non-hydrogen) atoms. The molecular formula is C23H22Cl2N4O4. The molecule has 10 heteroatoms. The Balaban J connectivity index is 1.41. The Labute approximate surface area is 200 Å². The number of hydrogen-bond donors (Lipinski definition) is 1. The monoisotopic (exact) mass is 488 g/mol. The number of rotatable bonds is 6. The average Bonchev–Trinajstić information content (AvgIpc) is 3.55. The molecule has 1 aliphatic heterocycles. The first-order chi connectivity index (χ1) is 15.9. The quantitative estimate of drug-likeness (QED) is 0.450. The molecule has 3 aromatic rings. The van der Waals surface area contributed by atoms with E-state index in [-0.39, 0.29) is 22.3 Å². The van der Waals surface area contributed by atoms with E-state index in [9.17, 15) is 0 Å². The van der Waals surface area contributed by atoms with E-state index < -0.39 is 5.60 Å². The maximum Gasteiger partial charge on any atom is 0.258 e. The maximum atomic E-state index is 6.22. The van der Waals surface area contributed by atoms with Gasteiger partial charge in [0.05, 0.1) is 18.9 Å². The highest BCUT2D eigenvalue weighted by molar-refractivity contribution is 6.32. The van der Waals surface area contributed by atoms with Gasteiger partial charge in [-0.3, -0.25) is 10.3 Å². The van der Waals surface area contributed by atoms with Crippen LogP contribution in [-0.2, 0) is 10.4 Å². The lowest BCUT2D eigenvalue weighted by atomic mass is 10.0. The van der Waals surface area contributed by atoms with Gasteiger partial charge in [0.2, 0.25) is 5.82 Å². The third kappa shape index (κ3) is 4.51. The number of benzene rings is 1. The van der Waals surface area contributed by atoms with Crippen LogP contribution in [0.25, 0.3) is 17.2 Å². The van der Waals surface area contributed by atoms with Gasteiger partial charge < -0.3 is 14.0 Å². The van der Waals surface area contributed by atoms with Crippen molar-refractivity contribution in [3.8, 4) is 23.0 Å². The zero-order valence-electron chi connectivity index (χ0n) is 18.1. The van der Waals surface area contributed by atoms with Crippen LogP contribution in [0, 0.1) is 0 Å². The molecule has 0 saturated heterocycles. The van der Waals surface area contributed by atoms with Crippen LogP contribution in [-0.4, -0.2) is 28.3 Å². The molecule has 0 spiro atoms. The number of nitrogens with zero attached hydrogens (tertiary/aromatic N) is 3. The minimum atomic E-state index is -0.954. The van der Waals surface area contributed by atoms with Crippen molar-refractivity contribution in [2.24, 2.45) is 0 Å². The van der Waals surface area contributed by atoms with Gasteiger partial charge in [0.1, 0.15) is 10.3 Å². The fraction of sp³-hybridized carbons (Fsp3) is 0.348. The number of nitrogens with one attached hydrogen (secondary N) is 1. The standard InChI is InChI=1S/C23H22Cl2N4O4/c1-23(22-27-21(32-29-22)14-10-19(24)26-20(25)11-14)12-16(28-33-23)13-7-8-17(30-2)18(9-13)31-15-5-3-4-6-15/h7-12,15,28H,3-6H2,1-2H3. The third-order valence-corrected chi connectivity index (χ3v) is 6.13. The molecule has 1 aromatic carbocycles. The highest BCUT2D eigenvalue weighted by Gasteiger charge is 2.37. The summed E-state index contributed by atoms with van der Waals surface area (Å²) >= 11 is 12.0. The van der Waals surface area contributed by atoms with Crippen LogP contribution < -0.4 is 15.0 Å². The molecule has 1 saturated carbocycles. The maximum absolute atomic E-state index is 6.22. The van der Waals surface area contributed by atoms with E-state index >= 15 is 0 Å². The van der Waals surface area contributed by atoms with Gasteiger partial charge in [-0.15, -0.1) is 0 Å². The molecule has 2 aromatic heterocycles. The molecule has 1 N–H and O–H groups in total. The van der Waals surface area contributed by atoms with Crippen LogP contribution >= 0.6 is 23.2 Å². The lowest BCUT2D eigenvalue weighted by molar-refractivity contribution is -0.0319. The summed E-state index contributed by atoms with van der Waals surface area (Å²) in [5.74, 6) is 2.02. The lowest BCUT2D eigenvalue weighted by Gasteiger charge is -2.17. The van der Waals surface area contributed by atoms with E-state index in [2.05, 4.69) is 20.6 Å². The topological polar surface area (TPSA) is 91.5 Å². The van der Waals surface area contributed by atoms with E-state index in [0.29, 0.717) is 22.9 Å². The fourth-order valence-electron chi connectivity index (χ4n) is 4.00. The molecule has 1 aliphatic carbocycles. The molecule has 1 atom stereocenters. The van der Waals surface area contributed by atoms with Crippen molar-refractivity contribution in [3.05, 3.63) is 58.1 Å². The van der Waals surface area contributed by atoms with Crippen LogP contribution in [0.2, 0.25) is 10.3 Å². The summed E-state index contributed by atoms with van der Waals surface area (Å²) in [6, 6.07) is 8.99. The summed E-state index contributed by atoms with van der Waals surface area (Å²) in [4.78, 5) is 14.3. The molecule has 0 amide bonds. The summed E-state index contributed by atoms with van der Waals surface area (Å²) in [6.07, 6.45) is 6.61. The molecule has 1 fully saturated rings. The van der Waals surface area contributed by atoms with Crippen molar-refractivity contribution in [1.82, 2.24) is 20.6 Å². The van der Waals surface area contributed by atoms with Gasteiger partial charge in [0, 0.05) is 11.1 Å². The van der Waals surface area contributed by atoms with Gasteiger partial charge >= 0.3 is 0 Å². The number of pyridine rings is 1. The van der Waals surface area contributed by atoms with Gasteiger partial charge in [0.25, 0.3) is 5.89 Å². The first-order valence-electron chi connectivity index (χ1n) is 10.6. The Morgan fingerprint density at radius 1 is 1.03 bits per heavy atom. The Morgan fingerprint density at radius 2 is 1.79 bits per heavy atom. The average molecular weight is 489 g/mol. The van der Waals surface area contributed by atoms with Gasteiger partial charge in [-0.05, 0) is 69.0 Å². The molecule has 1 unspecified atom stereocenters. The number of methoxy groups -OCH3 is 1. The lowest BCUT2D eigenvalue weighted by Crippen LogP contribution is -2.24. The van der Waals surface area contributed by atoms with Crippen LogP contribution in [0.5, 0.6) is 11.5 Å².